The van der Waals surface area contributed by atoms with E-state index in [-0.39, 0.29) is 18.1 Å². The Morgan fingerprint density at radius 2 is 2.22 bits per heavy atom. The maximum atomic E-state index is 13.7. The highest BCUT2D eigenvalue weighted by Crippen LogP contribution is 2.53. The molecule has 140 valence electrons. The summed E-state index contributed by atoms with van der Waals surface area (Å²) in [6.45, 7) is 1.98. The quantitative estimate of drug-likeness (QED) is 0.688. The largest absolute Gasteiger partial charge is 0.493 e. The van der Waals surface area contributed by atoms with E-state index in [1.807, 2.05) is 11.9 Å². The third-order valence-corrected chi connectivity index (χ3v) is 4.89. The van der Waals surface area contributed by atoms with Gasteiger partial charge in [-0.25, -0.2) is 23.7 Å². The number of rotatable bonds is 5. The van der Waals surface area contributed by atoms with Crippen molar-refractivity contribution in [3.05, 3.63) is 47.7 Å². The summed E-state index contributed by atoms with van der Waals surface area (Å²) >= 11 is 0. The topological polar surface area (TPSA) is 92.8 Å². The zero-order valence-electron chi connectivity index (χ0n) is 14.9. The zero-order valence-corrected chi connectivity index (χ0v) is 14.9. The Balaban J connectivity index is 1.74. The molecule has 0 atom stereocenters. The Morgan fingerprint density at radius 3 is 2.93 bits per heavy atom. The number of anilines is 1. The van der Waals surface area contributed by atoms with Gasteiger partial charge in [0.25, 0.3) is 0 Å². The molecule has 0 spiro atoms. The minimum absolute atomic E-state index is 0.196. The number of carbonyl (C=O) groups is 1. The first-order chi connectivity index (χ1) is 13.0. The van der Waals surface area contributed by atoms with Gasteiger partial charge in [-0.1, -0.05) is 0 Å². The number of halogens is 1. The van der Waals surface area contributed by atoms with Gasteiger partial charge in [0.2, 0.25) is 5.88 Å². The van der Waals surface area contributed by atoms with Crippen molar-refractivity contribution in [1.82, 2.24) is 19.6 Å². The smallest absolute Gasteiger partial charge is 0.343 e. The molecule has 8 nitrogen and oxygen atoms in total. The Morgan fingerprint density at radius 1 is 1.44 bits per heavy atom. The van der Waals surface area contributed by atoms with Crippen LogP contribution in [0.5, 0.6) is 5.88 Å². The fraction of sp³-hybridized carbons (Fsp3) is 0.333. The van der Waals surface area contributed by atoms with Crippen LogP contribution in [0.1, 0.15) is 35.7 Å². The van der Waals surface area contributed by atoms with Crippen molar-refractivity contribution >= 4 is 17.4 Å². The molecule has 0 unspecified atom stereocenters. The van der Waals surface area contributed by atoms with Gasteiger partial charge >= 0.3 is 5.97 Å². The first-order valence-corrected chi connectivity index (χ1v) is 8.56. The van der Waals surface area contributed by atoms with Gasteiger partial charge in [0.1, 0.15) is 17.2 Å². The number of carbonyl (C=O) groups excluding carboxylic acids is 1. The number of hydrogen-bond acceptors (Lipinski definition) is 7. The number of nitrogens with zero attached hydrogens (tertiary/aromatic N) is 5. The van der Waals surface area contributed by atoms with E-state index in [2.05, 4.69) is 15.1 Å². The van der Waals surface area contributed by atoms with Gasteiger partial charge in [-0.2, -0.15) is 5.10 Å². The molecule has 3 aromatic heterocycles. The van der Waals surface area contributed by atoms with E-state index in [0.29, 0.717) is 17.0 Å². The highest BCUT2D eigenvalue weighted by molar-refractivity contribution is 5.95. The molecule has 1 aliphatic carbocycles. The third kappa shape index (κ3) is 2.75. The number of hydrogen-bond donors (Lipinski definition) is 1. The summed E-state index contributed by atoms with van der Waals surface area (Å²) in [5.41, 5.74) is 0.474. The fourth-order valence-corrected chi connectivity index (χ4v) is 3.30. The molecular weight excluding hydrogens is 353 g/mol. The lowest BCUT2D eigenvalue weighted by atomic mass is 10.0. The second-order valence-corrected chi connectivity index (χ2v) is 6.45. The Labute approximate surface area is 154 Å². The van der Waals surface area contributed by atoms with Gasteiger partial charge < -0.3 is 14.7 Å². The summed E-state index contributed by atoms with van der Waals surface area (Å²) < 4.78 is 20.2. The molecule has 0 aromatic carbocycles. The van der Waals surface area contributed by atoms with Gasteiger partial charge in [-0.15, -0.1) is 0 Å². The van der Waals surface area contributed by atoms with Gasteiger partial charge in [0.05, 0.1) is 24.5 Å². The van der Waals surface area contributed by atoms with Crippen LogP contribution >= 0.6 is 0 Å². The molecule has 3 heterocycles. The summed E-state index contributed by atoms with van der Waals surface area (Å²) in [6.07, 6.45) is 5.53. The maximum Gasteiger partial charge on any atom is 0.343 e. The van der Waals surface area contributed by atoms with Gasteiger partial charge in [0.15, 0.2) is 5.65 Å². The summed E-state index contributed by atoms with van der Waals surface area (Å²) in [7, 11) is 1.82. The molecule has 1 saturated carbocycles. The van der Waals surface area contributed by atoms with Crippen molar-refractivity contribution in [2.45, 2.75) is 25.3 Å². The van der Waals surface area contributed by atoms with Crippen LogP contribution in [-0.2, 0) is 10.3 Å². The minimum Gasteiger partial charge on any atom is -0.493 e. The van der Waals surface area contributed by atoms with E-state index >= 15 is 0 Å². The lowest BCUT2D eigenvalue weighted by molar-refractivity contribution is 0.0528. The van der Waals surface area contributed by atoms with Crippen LogP contribution in [0, 0.1) is 5.82 Å². The monoisotopic (exact) mass is 371 g/mol. The van der Waals surface area contributed by atoms with E-state index < -0.39 is 17.3 Å². The highest BCUT2D eigenvalue weighted by atomic mass is 19.1. The van der Waals surface area contributed by atoms with E-state index in [0.717, 1.165) is 19.0 Å². The highest BCUT2D eigenvalue weighted by Gasteiger charge is 2.51. The van der Waals surface area contributed by atoms with Crippen LogP contribution < -0.4 is 4.90 Å². The van der Waals surface area contributed by atoms with Crippen molar-refractivity contribution in [1.29, 1.82) is 0 Å². The van der Waals surface area contributed by atoms with Crippen LogP contribution in [0.3, 0.4) is 0 Å². The van der Waals surface area contributed by atoms with Crippen molar-refractivity contribution in [2.75, 3.05) is 18.6 Å². The summed E-state index contributed by atoms with van der Waals surface area (Å²) in [6, 6.07) is 3.05. The van der Waals surface area contributed by atoms with E-state index in [9.17, 15) is 14.3 Å². The average Bonchev–Trinajstić information content (AvgIpc) is 3.35. The predicted molar refractivity (Wildman–Crippen MR) is 94.1 cm³/mol. The van der Waals surface area contributed by atoms with Crippen molar-refractivity contribution in [3.63, 3.8) is 0 Å². The average molecular weight is 371 g/mol. The third-order valence-electron chi connectivity index (χ3n) is 4.89. The van der Waals surface area contributed by atoms with E-state index in [4.69, 9.17) is 4.74 Å². The number of ether oxygens (including phenoxy) is 1. The molecule has 0 amide bonds. The van der Waals surface area contributed by atoms with Crippen molar-refractivity contribution in [3.8, 4) is 5.88 Å². The lowest BCUT2D eigenvalue weighted by Crippen LogP contribution is -2.32. The molecular formula is C18H18FN5O3. The Hall–Kier alpha value is -3.23. The van der Waals surface area contributed by atoms with E-state index in [1.54, 1.807) is 19.2 Å². The molecule has 1 aliphatic rings. The maximum absolute atomic E-state index is 13.7. The standard InChI is InChI=1S/C18H18FN5O3/c1-3-27-17(26)12-10-21-24-7-4-14(22-15(12)24)23(2)18(5-6-18)13-8-11(19)9-20-16(13)25/h4,7-10H,3,5-6H2,1-2H3,(H,20,25). The number of pyridine rings is 1. The Bertz CT molecular complexity index is 1030. The first-order valence-electron chi connectivity index (χ1n) is 8.56. The molecule has 1 fully saturated rings. The van der Waals surface area contributed by atoms with Gasteiger partial charge in [0, 0.05) is 18.8 Å². The number of esters is 1. The van der Waals surface area contributed by atoms with Crippen molar-refractivity contribution < 1.29 is 19.0 Å². The van der Waals surface area contributed by atoms with E-state index in [1.165, 1.54) is 16.8 Å². The van der Waals surface area contributed by atoms with Gasteiger partial charge in [-0.05, 0) is 31.9 Å². The molecule has 1 N–H and O–H groups in total. The summed E-state index contributed by atoms with van der Waals surface area (Å²) in [4.78, 5) is 22.2. The van der Waals surface area contributed by atoms with Crippen molar-refractivity contribution in [2.24, 2.45) is 0 Å². The SMILES string of the molecule is CCOC(=O)c1cnn2ccc(N(C)C3(c4cc(F)cnc4O)CC3)nc12. The molecule has 27 heavy (non-hydrogen) atoms. The van der Waals surface area contributed by atoms with Crippen LogP contribution in [0.4, 0.5) is 10.2 Å². The first kappa shape index (κ1) is 17.2. The molecule has 0 radical (unpaired) electrons. The molecule has 4 rings (SSSR count). The molecule has 0 saturated heterocycles. The van der Waals surface area contributed by atoms with Crippen LogP contribution in [0.2, 0.25) is 0 Å². The zero-order chi connectivity index (χ0) is 19.2. The fourth-order valence-electron chi connectivity index (χ4n) is 3.30. The normalized spacial score (nSPS) is 14.9. The van der Waals surface area contributed by atoms with Crippen LogP contribution in [0.15, 0.2) is 30.7 Å². The number of aromatic nitrogens is 4. The molecule has 0 bridgehead atoms. The predicted octanol–water partition coefficient (Wildman–Crippen LogP) is 2.27. The summed E-state index contributed by atoms with van der Waals surface area (Å²) in [5.74, 6) is -0.632. The number of aromatic hydroxyl groups is 1. The summed E-state index contributed by atoms with van der Waals surface area (Å²) in [5, 5.41) is 14.2. The molecule has 9 heteroatoms. The Kier molecular flexibility index (Phi) is 3.94. The minimum atomic E-state index is -0.589. The lowest BCUT2D eigenvalue weighted by Gasteiger charge is -2.29. The molecule has 0 aliphatic heterocycles. The second-order valence-electron chi connectivity index (χ2n) is 6.45. The van der Waals surface area contributed by atoms with Crippen LogP contribution in [0.25, 0.3) is 5.65 Å². The van der Waals surface area contributed by atoms with Crippen LogP contribution in [-0.4, -0.2) is 44.3 Å². The van der Waals surface area contributed by atoms with Gasteiger partial charge in [-0.3, -0.25) is 0 Å². The number of fused-ring (bicyclic) bond motifs is 1. The molecule has 3 aromatic rings. The second kappa shape index (κ2) is 6.19.